The number of ether oxygens (including phenoxy) is 1. The van der Waals surface area contributed by atoms with Crippen LogP contribution in [0, 0.1) is 13.8 Å². The molecule has 0 unspecified atom stereocenters. The number of para-hydroxylation sites is 1. The molecule has 0 bridgehead atoms. The molecule has 0 atom stereocenters. The molecule has 0 fully saturated rings. The largest absolute Gasteiger partial charge is 0.455 e. The fourth-order valence-corrected chi connectivity index (χ4v) is 2.99. The van der Waals surface area contributed by atoms with Crippen molar-refractivity contribution < 1.29 is 9.53 Å². The SMILES string of the molecule is Cc1cc(NC(=O)c2cc(C)n(-c3ccccc3)n2)ccc1Oc1cccnc1. The number of aryl methyl sites for hydroxylation is 2. The lowest BCUT2D eigenvalue weighted by atomic mass is 10.2. The molecule has 1 N–H and O–H groups in total. The van der Waals surface area contributed by atoms with E-state index in [0.717, 1.165) is 16.9 Å². The summed E-state index contributed by atoms with van der Waals surface area (Å²) >= 11 is 0. The minimum atomic E-state index is -0.261. The van der Waals surface area contributed by atoms with Gasteiger partial charge in [0.2, 0.25) is 0 Å². The number of anilines is 1. The molecule has 6 nitrogen and oxygen atoms in total. The number of benzene rings is 2. The molecule has 0 aliphatic carbocycles. The molecule has 0 saturated carbocycles. The molecule has 0 radical (unpaired) electrons. The van der Waals surface area contributed by atoms with E-state index in [1.54, 1.807) is 29.2 Å². The van der Waals surface area contributed by atoms with E-state index >= 15 is 0 Å². The van der Waals surface area contributed by atoms with Gasteiger partial charge in [-0.05, 0) is 67.9 Å². The number of rotatable bonds is 5. The number of hydrogen-bond donors (Lipinski definition) is 1. The Bertz CT molecular complexity index is 1140. The molecule has 0 aliphatic rings. The summed E-state index contributed by atoms with van der Waals surface area (Å²) in [4.78, 5) is 16.7. The van der Waals surface area contributed by atoms with Crippen molar-refractivity contribution in [1.82, 2.24) is 14.8 Å². The minimum Gasteiger partial charge on any atom is -0.455 e. The third kappa shape index (κ3) is 4.16. The molecule has 0 spiro atoms. The van der Waals surface area contributed by atoms with E-state index < -0.39 is 0 Å². The Morgan fingerprint density at radius 1 is 1.00 bits per heavy atom. The number of carbonyl (C=O) groups excluding carboxylic acids is 1. The number of aromatic nitrogens is 3. The van der Waals surface area contributed by atoms with Crippen molar-refractivity contribution in [2.45, 2.75) is 13.8 Å². The molecular weight excluding hydrogens is 364 g/mol. The monoisotopic (exact) mass is 384 g/mol. The highest BCUT2D eigenvalue weighted by molar-refractivity contribution is 6.03. The second kappa shape index (κ2) is 7.98. The van der Waals surface area contributed by atoms with E-state index in [1.807, 2.05) is 68.4 Å². The van der Waals surface area contributed by atoms with Crippen LogP contribution in [0.15, 0.2) is 79.1 Å². The zero-order chi connectivity index (χ0) is 20.2. The summed E-state index contributed by atoms with van der Waals surface area (Å²) in [5.74, 6) is 1.11. The van der Waals surface area contributed by atoms with Crippen molar-refractivity contribution in [2.24, 2.45) is 0 Å². The summed E-state index contributed by atoms with van der Waals surface area (Å²) in [7, 11) is 0. The zero-order valence-corrected chi connectivity index (χ0v) is 16.2. The van der Waals surface area contributed by atoms with Gasteiger partial charge in [-0.2, -0.15) is 5.10 Å². The summed E-state index contributed by atoms with van der Waals surface area (Å²) in [6.07, 6.45) is 3.35. The average Bonchev–Trinajstić information content (AvgIpc) is 3.13. The molecule has 2 aromatic heterocycles. The highest BCUT2D eigenvalue weighted by Crippen LogP contribution is 2.27. The fourth-order valence-electron chi connectivity index (χ4n) is 2.99. The Balaban J connectivity index is 1.49. The first-order chi connectivity index (χ1) is 14.1. The standard InChI is InChI=1S/C23H20N4O2/c1-16-13-18(10-11-22(16)29-20-9-6-12-24-15-20)25-23(28)21-14-17(2)27(26-21)19-7-4-3-5-8-19/h3-15H,1-2H3,(H,25,28). The predicted octanol–water partition coefficient (Wildman–Crippen LogP) is 4.93. The number of amides is 1. The highest BCUT2D eigenvalue weighted by atomic mass is 16.5. The van der Waals surface area contributed by atoms with Crippen molar-refractivity contribution in [1.29, 1.82) is 0 Å². The fraction of sp³-hybridized carbons (Fsp3) is 0.0870. The molecule has 1 amide bonds. The minimum absolute atomic E-state index is 0.261. The first kappa shape index (κ1) is 18.4. The normalized spacial score (nSPS) is 10.6. The quantitative estimate of drug-likeness (QED) is 0.530. The first-order valence-corrected chi connectivity index (χ1v) is 9.22. The van der Waals surface area contributed by atoms with Crippen LogP contribution in [-0.2, 0) is 0 Å². The first-order valence-electron chi connectivity index (χ1n) is 9.22. The Labute approximate surface area is 168 Å². The van der Waals surface area contributed by atoms with Crippen LogP contribution in [0.25, 0.3) is 5.69 Å². The molecular formula is C23H20N4O2. The van der Waals surface area contributed by atoms with Crippen LogP contribution in [0.4, 0.5) is 5.69 Å². The molecule has 4 aromatic rings. The predicted molar refractivity (Wildman–Crippen MR) is 112 cm³/mol. The maximum atomic E-state index is 12.7. The van der Waals surface area contributed by atoms with Gasteiger partial charge in [-0.3, -0.25) is 9.78 Å². The van der Waals surface area contributed by atoms with E-state index in [9.17, 15) is 4.79 Å². The summed E-state index contributed by atoms with van der Waals surface area (Å²) in [5, 5.41) is 7.34. The average molecular weight is 384 g/mol. The summed E-state index contributed by atoms with van der Waals surface area (Å²) in [6.45, 7) is 3.85. The van der Waals surface area contributed by atoms with Gasteiger partial charge in [-0.25, -0.2) is 4.68 Å². The third-order valence-corrected chi connectivity index (χ3v) is 4.42. The second-order valence-corrected chi connectivity index (χ2v) is 6.64. The van der Waals surface area contributed by atoms with Crippen molar-refractivity contribution in [3.63, 3.8) is 0 Å². The van der Waals surface area contributed by atoms with Gasteiger partial charge in [0.15, 0.2) is 5.69 Å². The Kier molecular flexibility index (Phi) is 5.07. The zero-order valence-electron chi connectivity index (χ0n) is 16.2. The van der Waals surface area contributed by atoms with Gasteiger partial charge in [-0.15, -0.1) is 0 Å². The third-order valence-electron chi connectivity index (χ3n) is 4.42. The molecule has 4 rings (SSSR count). The van der Waals surface area contributed by atoms with Crippen LogP contribution in [0.2, 0.25) is 0 Å². The van der Waals surface area contributed by atoms with Crippen LogP contribution in [0.1, 0.15) is 21.7 Å². The molecule has 2 aromatic carbocycles. The molecule has 0 aliphatic heterocycles. The number of nitrogens with one attached hydrogen (secondary N) is 1. The lowest BCUT2D eigenvalue weighted by molar-refractivity contribution is 0.102. The number of nitrogens with zero attached hydrogens (tertiary/aromatic N) is 3. The highest BCUT2D eigenvalue weighted by Gasteiger charge is 2.14. The van der Waals surface area contributed by atoms with E-state index in [1.165, 1.54) is 0 Å². The number of carbonyl (C=O) groups is 1. The maximum absolute atomic E-state index is 12.7. The Morgan fingerprint density at radius 2 is 1.83 bits per heavy atom. The summed E-state index contributed by atoms with van der Waals surface area (Å²) < 4.78 is 7.59. The van der Waals surface area contributed by atoms with Crippen molar-refractivity contribution in [3.05, 3.63) is 96.1 Å². The van der Waals surface area contributed by atoms with Gasteiger partial charge in [0.25, 0.3) is 5.91 Å². The van der Waals surface area contributed by atoms with Crippen LogP contribution in [-0.4, -0.2) is 20.7 Å². The smallest absolute Gasteiger partial charge is 0.276 e. The molecule has 144 valence electrons. The van der Waals surface area contributed by atoms with E-state index in [0.29, 0.717) is 22.9 Å². The van der Waals surface area contributed by atoms with Crippen molar-refractivity contribution >= 4 is 11.6 Å². The lowest BCUT2D eigenvalue weighted by Crippen LogP contribution is -2.13. The Morgan fingerprint density at radius 3 is 2.55 bits per heavy atom. The maximum Gasteiger partial charge on any atom is 0.276 e. The molecule has 29 heavy (non-hydrogen) atoms. The van der Waals surface area contributed by atoms with Crippen LogP contribution in [0.5, 0.6) is 11.5 Å². The number of pyridine rings is 1. The topological polar surface area (TPSA) is 69.0 Å². The molecule has 0 saturated heterocycles. The van der Waals surface area contributed by atoms with E-state index in [-0.39, 0.29) is 5.91 Å². The van der Waals surface area contributed by atoms with Crippen molar-refractivity contribution in [3.8, 4) is 17.2 Å². The lowest BCUT2D eigenvalue weighted by Gasteiger charge is -2.10. The number of hydrogen-bond acceptors (Lipinski definition) is 4. The van der Waals surface area contributed by atoms with E-state index in [2.05, 4.69) is 15.4 Å². The van der Waals surface area contributed by atoms with Crippen LogP contribution >= 0.6 is 0 Å². The second-order valence-electron chi connectivity index (χ2n) is 6.64. The Hall–Kier alpha value is -3.93. The van der Waals surface area contributed by atoms with E-state index in [4.69, 9.17) is 4.74 Å². The summed E-state index contributed by atoms with van der Waals surface area (Å²) in [6, 6.07) is 20.6. The van der Waals surface area contributed by atoms with Gasteiger partial charge in [0.1, 0.15) is 11.5 Å². The van der Waals surface area contributed by atoms with Gasteiger partial charge in [0.05, 0.1) is 11.9 Å². The van der Waals surface area contributed by atoms with Crippen LogP contribution < -0.4 is 10.1 Å². The van der Waals surface area contributed by atoms with Crippen LogP contribution in [0.3, 0.4) is 0 Å². The van der Waals surface area contributed by atoms with Gasteiger partial charge in [-0.1, -0.05) is 18.2 Å². The van der Waals surface area contributed by atoms with Gasteiger partial charge < -0.3 is 10.1 Å². The van der Waals surface area contributed by atoms with Gasteiger partial charge in [0, 0.05) is 17.6 Å². The van der Waals surface area contributed by atoms with Gasteiger partial charge >= 0.3 is 0 Å². The molecule has 6 heteroatoms. The van der Waals surface area contributed by atoms with Crippen molar-refractivity contribution in [2.75, 3.05) is 5.32 Å². The summed E-state index contributed by atoms with van der Waals surface area (Å²) in [5.41, 5.74) is 3.74. The molecule has 2 heterocycles.